The molecule has 9 nitrogen and oxygen atoms in total. The summed E-state index contributed by atoms with van der Waals surface area (Å²) >= 11 is 0. The molecule has 7 unspecified atom stereocenters. The number of carbonyl (C=O) groups is 1. The van der Waals surface area contributed by atoms with Crippen molar-refractivity contribution in [3.8, 4) is 0 Å². The molecule has 1 aliphatic heterocycles. The first kappa shape index (κ1) is 55.9. The molecule has 1 fully saturated rings. The zero-order chi connectivity index (χ0) is 43.0. The van der Waals surface area contributed by atoms with E-state index in [9.17, 15) is 30.3 Å². The Hall–Kier alpha value is -1.07. The highest BCUT2D eigenvalue weighted by atomic mass is 16.7. The van der Waals surface area contributed by atoms with Gasteiger partial charge in [-0.3, -0.25) is 4.79 Å². The minimum Gasteiger partial charge on any atom is -0.394 e. The predicted molar refractivity (Wildman–Crippen MR) is 244 cm³/mol. The molecule has 0 saturated carbocycles. The smallest absolute Gasteiger partial charge is 0.220 e. The number of hydrogen-bond acceptors (Lipinski definition) is 8. The number of hydrogen-bond donors (Lipinski definition) is 6. The maximum atomic E-state index is 12.9. The third-order valence-corrected chi connectivity index (χ3v) is 12.4. The van der Waals surface area contributed by atoms with E-state index in [1.165, 1.54) is 186 Å². The molecule has 6 N–H and O–H groups in total. The van der Waals surface area contributed by atoms with Crippen molar-refractivity contribution in [1.82, 2.24) is 5.32 Å². The van der Waals surface area contributed by atoms with Gasteiger partial charge in [0.15, 0.2) is 6.29 Å². The Kier molecular flexibility index (Phi) is 38.9. The van der Waals surface area contributed by atoms with E-state index in [4.69, 9.17) is 9.47 Å². The standard InChI is InChI=1S/C50H97NO8/c1-3-5-7-9-11-13-15-16-17-18-19-20-21-22-23-24-25-26-27-28-29-30-31-33-35-37-39-44(53)43(42-58-50-49(57)48(56)47(55)45(41-52)59-50)51-46(54)40-38-36-34-32-14-12-10-8-6-4-2/h37,39,43-45,47-50,52-53,55-57H,3-36,38,40-42H2,1-2H3,(H,51,54)/b39-37+. The molecule has 1 aliphatic rings. The predicted octanol–water partition coefficient (Wildman–Crippen LogP) is 11.3. The van der Waals surface area contributed by atoms with Gasteiger partial charge >= 0.3 is 0 Å². The van der Waals surface area contributed by atoms with Gasteiger partial charge in [0.1, 0.15) is 24.4 Å². The van der Waals surface area contributed by atoms with Crippen molar-refractivity contribution in [3.63, 3.8) is 0 Å². The second-order valence-electron chi connectivity index (χ2n) is 18.0. The molecule has 1 saturated heterocycles. The average molecular weight is 840 g/mol. The Morgan fingerprint density at radius 1 is 0.559 bits per heavy atom. The third kappa shape index (κ3) is 31.4. The van der Waals surface area contributed by atoms with E-state index in [1.54, 1.807) is 6.08 Å². The molecule has 7 atom stereocenters. The molecular formula is C50H97NO8. The van der Waals surface area contributed by atoms with Crippen molar-refractivity contribution in [1.29, 1.82) is 0 Å². The molecular weight excluding hydrogens is 743 g/mol. The van der Waals surface area contributed by atoms with Gasteiger partial charge in [-0.2, -0.15) is 0 Å². The van der Waals surface area contributed by atoms with Crippen LogP contribution in [0.15, 0.2) is 12.2 Å². The van der Waals surface area contributed by atoms with Crippen LogP contribution in [0.2, 0.25) is 0 Å². The largest absolute Gasteiger partial charge is 0.394 e. The minimum atomic E-state index is -1.56. The zero-order valence-corrected chi connectivity index (χ0v) is 38.5. The lowest BCUT2D eigenvalue weighted by Crippen LogP contribution is -2.60. The summed E-state index contributed by atoms with van der Waals surface area (Å²) in [6.45, 7) is 3.78. The van der Waals surface area contributed by atoms with Crippen LogP contribution in [0.25, 0.3) is 0 Å². The molecule has 0 spiro atoms. The van der Waals surface area contributed by atoms with Crippen LogP contribution in [0.1, 0.15) is 245 Å². The van der Waals surface area contributed by atoms with E-state index >= 15 is 0 Å². The first-order valence-electron chi connectivity index (χ1n) is 25.4. The first-order chi connectivity index (χ1) is 28.8. The Morgan fingerprint density at radius 2 is 0.932 bits per heavy atom. The van der Waals surface area contributed by atoms with E-state index in [0.717, 1.165) is 38.5 Å². The van der Waals surface area contributed by atoms with Gasteiger partial charge in [0, 0.05) is 6.42 Å². The topological polar surface area (TPSA) is 149 Å². The van der Waals surface area contributed by atoms with E-state index in [0.29, 0.717) is 6.42 Å². The number of allylic oxidation sites excluding steroid dienone is 1. The minimum absolute atomic E-state index is 0.176. The highest BCUT2D eigenvalue weighted by Gasteiger charge is 2.44. The number of carbonyl (C=O) groups excluding carboxylic acids is 1. The van der Waals surface area contributed by atoms with Crippen molar-refractivity contribution in [2.45, 2.75) is 288 Å². The quantitative estimate of drug-likeness (QED) is 0.0263. The molecule has 59 heavy (non-hydrogen) atoms. The van der Waals surface area contributed by atoms with Crippen molar-refractivity contribution in [3.05, 3.63) is 12.2 Å². The van der Waals surface area contributed by atoms with E-state index in [1.807, 2.05) is 6.08 Å². The average Bonchev–Trinajstić information content (AvgIpc) is 3.23. The van der Waals surface area contributed by atoms with Crippen LogP contribution in [-0.4, -0.2) is 87.5 Å². The molecule has 0 radical (unpaired) electrons. The summed E-state index contributed by atoms with van der Waals surface area (Å²) in [6.07, 6.45) is 41.4. The first-order valence-corrected chi connectivity index (χ1v) is 25.4. The monoisotopic (exact) mass is 840 g/mol. The maximum Gasteiger partial charge on any atom is 0.220 e. The fourth-order valence-electron chi connectivity index (χ4n) is 8.28. The van der Waals surface area contributed by atoms with Gasteiger partial charge in [-0.25, -0.2) is 0 Å². The molecule has 1 rings (SSSR count). The fourth-order valence-corrected chi connectivity index (χ4v) is 8.28. The summed E-state index contributed by atoms with van der Waals surface area (Å²) in [7, 11) is 0. The summed E-state index contributed by atoms with van der Waals surface area (Å²) in [5, 5.41) is 54.2. The highest BCUT2D eigenvalue weighted by molar-refractivity contribution is 5.76. The van der Waals surface area contributed by atoms with Crippen LogP contribution in [0, 0.1) is 0 Å². The Bertz CT molecular complexity index is 935. The molecule has 0 aliphatic carbocycles. The van der Waals surface area contributed by atoms with E-state index in [2.05, 4.69) is 19.2 Å². The summed E-state index contributed by atoms with van der Waals surface area (Å²) in [4.78, 5) is 12.9. The number of aliphatic hydroxyl groups excluding tert-OH is 5. The molecule has 350 valence electrons. The van der Waals surface area contributed by atoms with E-state index in [-0.39, 0.29) is 12.5 Å². The fraction of sp³-hybridized carbons (Fsp3) is 0.940. The number of unbranched alkanes of at least 4 members (excludes halogenated alkanes) is 33. The Balaban J connectivity index is 2.20. The van der Waals surface area contributed by atoms with Crippen molar-refractivity contribution < 1.29 is 39.8 Å². The second kappa shape index (κ2) is 41.0. The summed E-state index contributed by atoms with van der Waals surface area (Å²) in [6, 6.07) is -0.798. The van der Waals surface area contributed by atoms with Crippen molar-refractivity contribution in [2.24, 2.45) is 0 Å². The summed E-state index contributed by atoms with van der Waals surface area (Å²) in [5.74, 6) is -0.176. The molecule has 1 amide bonds. The van der Waals surface area contributed by atoms with Crippen LogP contribution in [-0.2, 0) is 14.3 Å². The van der Waals surface area contributed by atoms with Crippen molar-refractivity contribution >= 4 is 5.91 Å². The van der Waals surface area contributed by atoms with Crippen LogP contribution < -0.4 is 5.32 Å². The number of rotatable bonds is 43. The summed E-state index contributed by atoms with van der Waals surface area (Å²) < 4.78 is 11.2. The van der Waals surface area contributed by atoms with Gasteiger partial charge in [0.25, 0.3) is 0 Å². The van der Waals surface area contributed by atoms with E-state index < -0.39 is 49.5 Å². The normalized spacial score (nSPS) is 20.7. The van der Waals surface area contributed by atoms with Gasteiger partial charge in [-0.05, 0) is 19.3 Å². The van der Waals surface area contributed by atoms with Gasteiger partial charge in [-0.15, -0.1) is 0 Å². The van der Waals surface area contributed by atoms with Crippen LogP contribution in [0.3, 0.4) is 0 Å². The molecule has 0 bridgehead atoms. The highest BCUT2D eigenvalue weighted by Crippen LogP contribution is 2.23. The molecule has 0 aromatic heterocycles. The number of amides is 1. The lowest BCUT2D eigenvalue weighted by molar-refractivity contribution is -0.302. The SMILES string of the molecule is CCCCCCCCCCCCCCCCCCCCCCCCCC/C=C/C(O)C(COC1OC(CO)C(O)C(O)C1O)NC(=O)CCCCCCCCCCCC. The number of ether oxygens (including phenoxy) is 2. The second-order valence-corrected chi connectivity index (χ2v) is 18.0. The van der Waals surface area contributed by atoms with Gasteiger partial charge < -0.3 is 40.3 Å². The molecule has 1 heterocycles. The Labute approximate surface area is 363 Å². The molecule has 0 aromatic carbocycles. The van der Waals surface area contributed by atoms with Crippen molar-refractivity contribution in [2.75, 3.05) is 13.2 Å². The van der Waals surface area contributed by atoms with Crippen LogP contribution in [0.5, 0.6) is 0 Å². The lowest BCUT2D eigenvalue weighted by Gasteiger charge is -2.40. The van der Waals surface area contributed by atoms with Crippen LogP contribution in [0.4, 0.5) is 0 Å². The van der Waals surface area contributed by atoms with Gasteiger partial charge in [-0.1, -0.05) is 231 Å². The number of nitrogens with one attached hydrogen (secondary N) is 1. The maximum absolute atomic E-state index is 12.9. The molecule has 0 aromatic rings. The molecule has 9 heteroatoms. The lowest BCUT2D eigenvalue weighted by atomic mass is 9.99. The van der Waals surface area contributed by atoms with Gasteiger partial charge in [0.05, 0.1) is 25.4 Å². The Morgan fingerprint density at radius 3 is 1.32 bits per heavy atom. The van der Waals surface area contributed by atoms with Crippen LogP contribution >= 0.6 is 0 Å². The zero-order valence-electron chi connectivity index (χ0n) is 38.5. The summed E-state index contributed by atoms with van der Waals surface area (Å²) in [5.41, 5.74) is 0. The third-order valence-electron chi connectivity index (χ3n) is 12.4. The number of aliphatic hydroxyl groups is 5. The van der Waals surface area contributed by atoms with Gasteiger partial charge in [0.2, 0.25) is 5.91 Å².